The van der Waals surface area contributed by atoms with Gasteiger partial charge in [-0.3, -0.25) is 20.4 Å². The van der Waals surface area contributed by atoms with Crippen LogP contribution in [-0.4, -0.2) is 23.3 Å². The van der Waals surface area contributed by atoms with E-state index >= 15 is 0 Å². The summed E-state index contributed by atoms with van der Waals surface area (Å²) >= 11 is 1.73. The summed E-state index contributed by atoms with van der Waals surface area (Å²) < 4.78 is 0. The van der Waals surface area contributed by atoms with Crippen LogP contribution in [0.5, 0.6) is 0 Å². The van der Waals surface area contributed by atoms with E-state index in [9.17, 15) is 9.59 Å². The Kier molecular flexibility index (Phi) is 8.35. The fraction of sp³-hybridized carbons (Fsp3) is 0.467. The largest absolute Gasteiger partial charge is 0.326 e. The Bertz CT molecular complexity index is 415. The smallest absolute Gasteiger partial charge is 0.234 e. The predicted molar refractivity (Wildman–Crippen MR) is 87.2 cm³/mol. The number of hydrogen-bond acceptors (Lipinski definition) is 4. The van der Waals surface area contributed by atoms with Crippen molar-refractivity contribution in [2.45, 2.75) is 37.4 Å². The minimum absolute atomic E-state index is 0.0372. The van der Waals surface area contributed by atoms with E-state index in [2.05, 4.69) is 29.3 Å². The lowest BCUT2D eigenvalue weighted by Gasteiger charge is -2.20. The molecule has 1 fully saturated rings. The highest BCUT2D eigenvalue weighted by molar-refractivity contribution is 8.00. The molecule has 6 heteroatoms. The van der Waals surface area contributed by atoms with Crippen molar-refractivity contribution in [3.05, 3.63) is 36.7 Å². The lowest BCUT2D eigenvalue weighted by Crippen LogP contribution is -2.28. The Hall–Kier alpha value is -1.69. The van der Waals surface area contributed by atoms with Crippen LogP contribution >= 0.6 is 11.8 Å². The van der Waals surface area contributed by atoms with Crippen LogP contribution in [-0.2, 0) is 9.59 Å². The highest BCUT2D eigenvalue weighted by atomic mass is 32.2. The summed E-state index contributed by atoms with van der Waals surface area (Å²) in [6, 6.07) is 0. The van der Waals surface area contributed by atoms with Crippen molar-refractivity contribution < 1.29 is 9.59 Å². The van der Waals surface area contributed by atoms with Crippen molar-refractivity contribution in [2.24, 2.45) is 0 Å². The van der Waals surface area contributed by atoms with Crippen molar-refractivity contribution in [2.75, 3.05) is 5.75 Å². The average Bonchev–Trinajstić information content (AvgIpc) is 2.50. The summed E-state index contributed by atoms with van der Waals surface area (Å²) in [7, 11) is 0. The van der Waals surface area contributed by atoms with Gasteiger partial charge in [0.05, 0.1) is 5.75 Å². The minimum Gasteiger partial charge on any atom is -0.326 e. The van der Waals surface area contributed by atoms with E-state index in [1.54, 1.807) is 23.9 Å². The summed E-state index contributed by atoms with van der Waals surface area (Å²) in [5, 5.41) is 3.35. The van der Waals surface area contributed by atoms with Gasteiger partial charge in [-0.25, -0.2) is 0 Å². The molecule has 0 aromatic heterocycles. The molecular formula is C15H23N3O2S. The Morgan fingerprint density at radius 1 is 1.14 bits per heavy atom. The number of hydrogen-bond donors (Lipinski definition) is 3. The average molecular weight is 309 g/mol. The van der Waals surface area contributed by atoms with Crippen LogP contribution in [0.3, 0.4) is 0 Å². The van der Waals surface area contributed by atoms with Gasteiger partial charge in [-0.05, 0) is 25.0 Å². The molecule has 0 aliphatic heterocycles. The Balaban J connectivity index is 2.20. The molecule has 0 aromatic carbocycles. The SMILES string of the molecule is C=C(/C=C\C(=C)NC(=O)CSC1CCCCC1)NNC=O. The Morgan fingerprint density at radius 2 is 1.81 bits per heavy atom. The quantitative estimate of drug-likeness (QED) is 0.346. The molecule has 0 unspecified atom stereocenters. The normalized spacial score (nSPS) is 15.4. The van der Waals surface area contributed by atoms with E-state index in [1.165, 1.54) is 32.1 Å². The summed E-state index contributed by atoms with van der Waals surface area (Å²) in [5.41, 5.74) is 5.81. The third kappa shape index (κ3) is 8.24. The highest BCUT2D eigenvalue weighted by Gasteiger charge is 2.15. The number of allylic oxidation sites excluding steroid dienone is 2. The minimum atomic E-state index is -0.0372. The van der Waals surface area contributed by atoms with Gasteiger partial charge in [-0.15, -0.1) is 11.8 Å². The van der Waals surface area contributed by atoms with Crippen LogP contribution in [0.4, 0.5) is 0 Å². The van der Waals surface area contributed by atoms with Crippen LogP contribution in [0.15, 0.2) is 36.7 Å². The van der Waals surface area contributed by atoms with E-state index in [4.69, 9.17) is 0 Å². The van der Waals surface area contributed by atoms with Gasteiger partial charge in [-0.1, -0.05) is 32.4 Å². The van der Waals surface area contributed by atoms with Crippen molar-refractivity contribution in [3.8, 4) is 0 Å². The fourth-order valence-electron chi connectivity index (χ4n) is 2.05. The Labute approximate surface area is 130 Å². The van der Waals surface area contributed by atoms with Crippen LogP contribution in [0.1, 0.15) is 32.1 Å². The van der Waals surface area contributed by atoms with E-state index in [0.717, 1.165) is 0 Å². The number of hydrazine groups is 1. The zero-order valence-corrected chi connectivity index (χ0v) is 13.0. The first kappa shape index (κ1) is 17.4. The third-order valence-corrected chi connectivity index (χ3v) is 4.45. The topological polar surface area (TPSA) is 70.2 Å². The van der Waals surface area contributed by atoms with Gasteiger partial charge < -0.3 is 5.32 Å². The number of carbonyl (C=O) groups is 2. The van der Waals surface area contributed by atoms with E-state index in [0.29, 0.717) is 28.8 Å². The van der Waals surface area contributed by atoms with Gasteiger partial charge in [0.15, 0.2) is 0 Å². The second kappa shape index (κ2) is 10.1. The maximum atomic E-state index is 11.8. The molecule has 0 saturated heterocycles. The fourth-order valence-corrected chi connectivity index (χ4v) is 3.17. The maximum absolute atomic E-state index is 11.8. The van der Waals surface area contributed by atoms with Crippen molar-refractivity contribution >= 4 is 24.1 Å². The number of nitrogens with one attached hydrogen (secondary N) is 3. The number of rotatable bonds is 9. The van der Waals surface area contributed by atoms with Crippen LogP contribution in [0.2, 0.25) is 0 Å². The molecule has 0 atom stereocenters. The van der Waals surface area contributed by atoms with Crippen molar-refractivity contribution in [3.63, 3.8) is 0 Å². The highest BCUT2D eigenvalue weighted by Crippen LogP contribution is 2.27. The molecule has 3 N–H and O–H groups in total. The van der Waals surface area contributed by atoms with Crippen LogP contribution in [0, 0.1) is 0 Å². The molecule has 5 nitrogen and oxygen atoms in total. The third-order valence-electron chi connectivity index (χ3n) is 3.08. The molecule has 0 heterocycles. The molecular weight excluding hydrogens is 286 g/mol. The second-order valence-corrected chi connectivity index (χ2v) is 6.18. The van der Waals surface area contributed by atoms with Crippen LogP contribution < -0.4 is 16.2 Å². The molecule has 1 aliphatic carbocycles. The lowest BCUT2D eigenvalue weighted by molar-refractivity contribution is -0.117. The van der Waals surface area contributed by atoms with Gasteiger partial charge in [0.2, 0.25) is 12.3 Å². The first-order chi connectivity index (χ1) is 10.1. The number of carbonyl (C=O) groups excluding carboxylic acids is 2. The molecule has 0 bridgehead atoms. The molecule has 0 radical (unpaired) electrons. The predicted octanol–water partition coefficient (Wildman–Crippen LogP) is 2.00. The maximum Gasteiger partial charge on any atom is 0.234 e. The first-order valence-corrected chi connectivity index (χ1v) is 8.09. The lowest BCUT2D eigenvalue weighted by atomic mass is 10.0. The number of amides is 2. The van der Waals surface area contributed by atoms with Crippen molar-refractivity contribution in [1.29, 1.82) is 0 Å². The molecule has 0 spiro atoms. The Morgan fingerprint density at radius 3 is 2.48 bits per heavy atom. The molecule has 0 aromatic rings. The molecule has 21 heavy (non-hydrogen) atoms. The number of thioether (sulfide) groups is 1. The summed E-state index contributed by atoms with van der Waals surface area (Å²) in [6.07, 6.45) is 10.1. The van der Waals surface area contributed by atoms with Gasteiger partial charge in [0.1, 0.15) is 0 Å². The zero-order valence-electron chi connectivity index (χ0n) is 12.2. The standard InChI is InChI=1S/C15H23N3O2S/c1-12(8-9-13(2)18-16-11-19)17-15(20)10-21-14-6-4-3-5-7-14/h8-9,11,14,18H,1-7,10H2,(H,16,19)(H,17,20)/b9-8-. The van der Waals surface area contributed by atoms with Gasteiger partial charge in [0, 0.05) is 16.6 Å². The van der Waals surface area contributed by atoms with Crippen molar-refractivity contribution in [1.82, 2.24) is 16.2 Å². The van der Waals surface area contributed by atoms with E-state index < -0.39 is 0 Å². The molecule has 2 amide bonds. The first-order valence-electron chi connectivity index (χ1n) is 7.04. The van der Waals surface area contributed by atoms with Gasteiger partial charge >= 0.3 is 0 Å². The zero-order chi connectivity index (χ0) is 15.5. The monoisotopic (exact) mass is 309 g/mol. The molecule has 1 aliphatic rings. The summed E-state index contributed by atoms with van der Waals surface area (Å²) in [6.45, 7) is 7.42. The van der Waals surface area contributed by atoms with Gasteiger partial charge in [0.25, 0.3) is 0 Å². The molecule has 116 valence electrons. The van der Waals surface area contributed by atoms with E-state index in [-0.39, 0.29) is 5.91 Å². The molecule has 1 rings (SSSR count). The molecule has 1 saturated carbocycles. The van der Waals surface area contributed by atoms with Crippen LogP contribution in [0.25, 0.3) is 0 Å². The summed E-state index contributed by atoms with van der Waals surface area (Å²) in [4.78, 5) is 21.9. The second-order valence-electron chi connectivity index (χ2n) is 4.89. The van der Waals surface area contributed by atoms with Gasteiger partial charge in [-0.2, -0.15) is 0 Å². The van der Waals surface area contributed by atoms with E-state index in [1.807, 2.05) is 0 Å². The summed E-state index contributed by atoms with van der Waals surface area (Å²) in [5.74, 6) is 0.425.